The molecule has 4 heteroatoms. The predicted octanol–water partition coefficient (Wildman–Crippen LogP) is 2.70. The van der Waals surface area contributed by atoms with Crippen molar-refractivity contribution in [2.75, 3.05) is 0 Å². The number of benzene rings is 1. The molecule has 0 fully saturated rings. The Bertz CT molecular complexity index is 574. The Labute approximate surface area is 114 Å². The Balaban J connectivity index is 2.60. The molecule has 1 atom stereocenters. The number of aromatic nitrogens is 1. The van der Waals surface area contributed by atoms with Crippen molar-refractivity contribution in [3.63, 3.8) is 0 Å². The van der Waals surface area contributed by atoms with Crippen LogP contribution in [0.5, 0.6) is 0 Å². The number of hydrogen-bond acceptors (Lipinski definition) is 2. The Hall–Kier alpha value is -0.880. The molecule has 2 aromatic rings. The summed E-state index contributed by atoms with van der Waals surface area (Å²) in [6.45, 7) is 1.93. The lowest BCUT2D eigenvalue weighted by Gasteiger charge is -2.05. The monoisotopic (exact) mass is 342 g/mol. The molecule has 0 bridgehead atoms. The number of carbonyl (C=O) groups excluding carboxylic acids is 1. The van der Waals surface area contributed by atoms with Crippen LogP contribution in [0.2, 0.25) is 0 Å². The number of fused-ring (bicyclic) bond motifs is 1. The summed E-state index contributed by atoms with van der Waals surface area (Å²) in [5, 5.41) is 0.988. The summed E-state index contributed by atoms with van der Waals surface area (Å²) in [7, 11) is 1.95. The van der Waals surface area contributed by atoms with Gasteiger partial charge in [0, 0.05) is 33.3 Å². The second kappa shape index (κ2) is 4.78. The first kappa shape index (κ1) is 12.6. The van der Waals surface area contributed by atoms with Crippen molar-refractivity contribution < 1.29 is 4.79 Å². The summed E-state index contributed by atoms with van der Waals surface area (Å²) in [6, 6.07) is 5.67. The largest absolute Gasteiger partial charge is 0.350 e. The second-order valence-corrected chi connectivity index (χ2v) is 5.44. The van der Waals surface area contributed by atoms with E-state index in [2.05, 4.69) is 28.7 Å². The average Bonchev–Trinajstić information content (AvgIpc) is 2.64. The van der Waals surface area contributed by atoms with Gasteiger partial charge < -0.3 is 10.3 Å². The molecule has 1 aromatic heterocycles. The molecule has 0 aliphatic carbocycles. The lowest BCUT2D eigenvalue weighted by molar-refractivity contribution is 0.0961. The van der Waals surface area contributed by atoms with Gasteiger partial charge in [-0.25, -0.2) is 0 Å². The highest BCUT2D eigenvalue weighted by Gasteiger charge is 2.18. The number of Topliss-reactive ketones (excluding diaryl/α,β-unsaturated/α-hetero) is 1. The van der Waals surface area contributed by atoms with Crippen LogP contribution in [0.4, 0.5) is 0 Å². The zero-order valence-electron chi connectivity index (χ0n) is 9.90. The minimum atomic E-state index is -0.403. The van der Waals surface area contributed by atoms with E-state index in [-0.39, 0.29) is 5.78 Å². The van der Waals surface area contributed by atoms with Crippen LogP contribution in [0.15, 0.2) is 24.4 Å². The molecule has 90 valence electrons. The van der Waals surface area contributed by atoms with Gasteiger partial charge in [-0.2, -0.15) is 0 Å². The SMILES string of the molecule is CCC(N)C(=O)c1cn(C)c2cc(I)ccc12. The van der Waals surface area contributed by atoms with E-state index in [9.17, 15) is 4.79 Å². The van der Waals surface area contributed by atoms with Crippen molar-refractivity contribution in [2.45, 2.75) is 19.4 Å². The molecule has 1 unspecified atom stereocenters. The fraction of sp³-hybridized carbons (Fsp3) is 0.308. The molecule has 0 saturated carbocycles. The number of rotatable bonds is 3. The molecule has 0 aliphatic rings. The van der Waals surface area contributed by atoms with E-state index >= 15 is 0 Å². The summed E-state index contributed by atoms with van der Waals surface area (Å²) in [4.78, 5) is 12.1. The summed E-state index contributed by atoms with van der Waals surface area (Å²) in [6.07, 6.45) is 2.54. The highest BCUT2D eigenvalue weighted by Crippen LogP contribution is 2.24. The standard InChI is InChI=1S/C13H15IN2O/c1-3-11(15)13(17)10-7-16(2)12-6-8(14)4-5-9(10)12/h4-7,11H,3,15H2,1-2H3. The van der Waals surface area contributed by atoms with Gasteiger partial charge in [0.2, 0.25) is 0 Å². The van der Waals surface area contributed by atoms with Gasteiger partial charge in [0.15, 0.2) is 5.78 Å². The lowest BCUT2D eigenvalue weighted by atomic mass is 10.0. The minimum Gasteiger partial charge on any atom is -0.350 e. The molecule has 1 aromatic carbocycles. The molecule has 2 rings (SSSR count). The fourth-order valence-corrected chi connectivity index (χ4v) is 2.41. The Morgan fingerprint density at radius 1 is 1.53 bits per heavy atom. The second-order valence-electron chi connectivity index (χ2n) is 4.19. The van der Waals surface area contributed by atoms with Gasteiger partial charge >= 0.3 is 0 Å². The van der Waals surface area contributed by atoms with E-state index in [0.29, 0.717) is 6.42 Å². The molecular weight excluding hydrogens is 327 g/mol. The first-order chi connectivity index (χ1) is 8.04. The van der Waals surface area contributed by atoms with Gasteiger partial charge in [-0.1, -0.05) is 13.0 Å². The topological polar surface area (TPSA) is 48.0 Å². The van der Waals surface area contributed by atoms with E-state index in [4.69, 9.17) is 5.73 Å². The zero-order chi connectivity index (χ0) is 12.6. The predicted molar refractivity (Wildman–Crippen MR) is 78.2 cm³/mol. The molecule has 0 spiro atoms. The molecular formula is C13H15IN2O. The van der Waals surface area contributed by atoms with Crippen molar-refractivity contribution in [1.29, 1.82) is 0 Å². The maximum atomic E-state index is 12.1. The van der Waals surface area contributed by atoms with Crippen LogP contribution in [-0.4, -0.2) is 16.4 Å². The number of nitrogens with two attached hydrogens (primary N) is 1. The van der Waals surface area contributed by atoms with Crippen molar-refractivity contribution in [3.8, 4) is 0 Å². The fourth-order valence-electron chi connectivity index (χ4n) is 1.94. The zero-order valence-corrected chi connectivity index (χ0v) is 12.1. The molecule has 1 heterocycles. The van der Waals surface area contributed by atoms with Crippen LogP contribution in [0, 0.1) is 3.57 Å². The summed E-state index contributed by atoms with van der Waals surface area (Å²) < 4.78 is 3.14. The Morgan fingerprint density at radius 3 is 2.88 bits per heavy atom. The molecule has 0 aliphatic heterocycles. The first-order valence-corrected chi connectivity index (χ1v) is 6.66. The first-order valence-electron chi connectivity index (χ1n) is 5.59. The number of carbonyl (C=O) groups is 1. The number of hydrogen-bond donors (Lipinski definition) is 1. The molecule has 17 heavy (non-hydrogen) atoms. The van der Waals surface area contributed by atoms with E-state index in [1.165, 1.54) is 0 Å². The van der Waals surface area contributed by atoms with E-state index in [1.54, 1.807) is 0 Å². The smallest absolute Gasteiger partial charge is 0.181 e. The molecule has 0 saturated heterocycles. The molecule has 0 amide bonds. The van der Waals surface area contributed by atoms with Crippen LogP contribution in [0.1, 0.15) is 23.7 Å². The van der Waals surface area contributed by atoms with Crippen molar-refractivity contribution in [3.05, 3.63) is 33.5 Å². The van der Waals surface area contributed by atoms with Crippen LogP contribution >= 0.6 is 22.6 Å². The third kappa shape index (κ3) is 2.24. The van der Waals surface area contributed by atoms with E-state index < -0.39 is 6.04 Å². The van der Waals surface area contributed by atoms with Crippen molar-refractivity contribution in [1.82, 2.24) is 4.57 Å². The minimum absolute atomic E-state index is 0.0271. The average molecular weight is 342 g/mol. The lowest BCUT2D eigenvalue weighted by Crippen LogP contribution is -2.29. The van der Waals surface area contributed by atoms with Crippen LogP contribution in [0.3, 0.4) is 0 Å². The van der Waals surface area contributed by atoms with Gasteiger partial charge in [-0.3, -0.25) is 4.79 Å². The Morgan fingerprint density at radius 2 is 2.24 bits per heavy atom. The third-order valence-corrected chi connectivity index (χ3v) is 3.67. The van der Waals surface area contributed by atoms with Crippen molar-refractivity contribution >= 4 is 39.3 Å². The molecule has 3 nitrogen and oxygen atoms in total. The number of halogens is 1. The maximum Gasteiger partial charge on any atom is 0.181 e. The van der Waals surface area contributed by atoms with E-state index in [1.807, 2.05) is 36.9 Å². The van der Waals surface area contributed by atoms with Gasteiger partial charge in [0.05, 0.1) is 6.04 Å². The Kier molecular flexibility index (Phi) is 3.53. The summed E-state index contributed by atoms with van der Waals surface area (Å²) in [5.41, 5.74) is 7.62. The van der Waals surface area contributed by atoms with Crippen molar-refractivity contribution in [2.24, 2.45) is 12.8 Å². The number of ketones is 1. The normalized spacial score (nSPS) is 12.9. The number of aryl methyl sites for hydroxylation is 1. The van der Waals surface area contributed by atoms with Crippen LogP contribution in [-0.2, 0) is 7.05 Å². The summed E-state index contributed by atoms with van der Waals surface area (Å²) in [5.74, 6) is 0.0271. The summed E-state index contributed by atoms with van der Waals surface area (Å²) >= 11 is 2.27. The maximum absolute atomic E-state index is 12.1. The molecule has 0 radical (unpaired) electrons. The van der Waals surface area contributed by atoms with Gasteiger partial charge in [-0.05, 0) is 41.1 Å². The van der Waals surface area contributed by atoms with Gasteiger partial charge in [0.25, 0.3) is 0 Å². The van der Waals surface area contributed by atoms with Crippen LogP contribution in [0.25, 0.3) is 10.9 Å². The quantitative estimate of drug-likeness (QED) is 0.689. The third-order valence-electron chi connectivity index (χ3n) is 2.99. The van der Waals surface area contributed by atoms with Gasteiger partial charge in [-0.15, -0.1) is 0 Å². The van der Waals surface area contributed by atoms with E-state index in [0.717, 1.165) is 20.0 Å². The molecule has 2 N–H and O–H groups in total. The number of nitrogens with zero attached hydrogens (tertiary/aromatic N) is 1. The van der Waals surface area contributed by atoms with Crippen LogP contribution < -0.4 is 5.73 Å². The highest BCUT2D eigenvalue weighted by atomic mass is 127. The highest BCUT2D eigenvalue weighted by molar-refractivity contribution is 14.1. The van der Waals surface area contributed by atoms with Gasteiger partial charge in [0.1, 0.15) is 0 Å².